The Morgan fingerprint density at radius 2 is 1.63 bits per heavy atom. The van der Waals surface area contributed by atoms with E-state index in [1.807, 2.05) is 0 Å². The molecule has 2 aliphatic rings. The molecule has 1 heterocycles. The van der Waals surface area contributed by atoms with E-state index in [1.54, 1.807) is 0 Å². The first-order valence-electron chi connectivity index (χ1n) is 7.55. The highest BCUT2D eigenvalue weighted by atomic mass is 16.2. The predicted octanol–water partition coefficient (Wildman–Crippen LogP) is 0.551. The summed E-state index contributed by atoms with van der Waals surface area (Å²) >= 11 is 0. The van der Waals surface area contributed by atoms with Gasteiger partial charge in [0.2, 0.25) is 0 Å². The smallest absolute Gasteiger partial charge is 0.309 e. The Labute approximate surface area is 114 Å². The number of rotatable bonds is 3. The molecule has 2 fully saturated rings. The van der Waals surface area contributed by atoms with Crippen molar-refractivity contribution in [1.82, 2.24) is 16.0 Å². The Kier molecular flexibility index (Phi) is 5.63. The number of amides is 2. The van der Waals surface area contributed by atoms with E-state index in [1.165, 1.54) is 6.42 Å². The molecule has 3 N–H and O–H groups in total. The van der Waals surface area contributed by atoms with Gasteiger partial charge in [0.15, 0.2) is 0 Å². The van der Waals surface area contributed by atoms with Crippen molar-refractivity contribution in [3.05, 3.63) is 0 Å². The lowest BCUT2D eigenvalue weighted by atomic mass is 9.95. The maximum absolute atomic E-state index is 11.7. The van der Waals surface area contributed by atoms with Gasteiger partial charge in [0.1, 0.15) is 0 Å². The van der Waals surface area contributed by atoms with Crippen LogP contribution in [-0.2, 0) is 9.59 Å². The molecule has 2 amide bonds. The fourth-order valence-electron chi connectivity index (χ4n) is 2.90. The van der Waals surface area contributed by atoms with E-state index in [0.717, 1.165) is 51.6 Å². The van der Waals surface area contributed by atoms with Crippen LogP contribution in [0.1, 0.15) is 44.9 Å². The monoisotopic (exact) mass is 267 g/mol. The molecule has 1 aliphatic carbocycles. The fourth-order valence-corrected chi connectivity index (χ4v) is 2.90. The Bertz CT molecular complexity index is 308. The van der Waals surface area contributed by atoms with Crippen LogP contribution in [0, 0.1) is 5.92 Å². The number of hydrogen-bond donors (Lipinski definition) is 3. The van der Waals surface area contributed by atoms with Crippen molar-refractivity contribution in [2.45, 2.75) is 51.0 Å². The van der Waals surface area contributed by atoms with E-state index < -0.39 is 11.8 Å². The van der Waals surface area contributed by atoms with E-state index in [0.29, 0.717) is 12.5 Å². The van der Waals surface area contributed by atoms with E-state index in [-0.39, 0.29) is 6.04 Å². The topological polar surface area (TPSA) is 70.2 Å². The molecule has 0 radical (unpaired) electrons. The minimum atomic E-state index is -0.468. The standard InChI is InChI=1S/C14H25N3O2/c18-13(16-10-11-6-8-15-9-7-11)14(19)17-12-4-2-1-3-5-12/h11-12,15H,1-10H2,(H,16,18)(H,17,19). The molecule has 0 atom stereocenters. The quantitative estimate of drug-likeness (QED) is 0.654. The molecule has 0 aromatic rings. The minimum Gasteiger partial charge on any atom is -0.348 e. The van der Waals surface area contributed by atoms with E-state index in [2.05, 4.69) is 16.0 Å². The molecule has 1 aliphatic heterocycles. The average molecular weight is 267 g/mol. The SMILES string of the molecule is O=C(NCC1CCNCC1)C(=O)NC1CCCCC1. The van der Waals surface area contributed by atoms with Crippen LogP contribution < -0.4 is 16.0 Å². The second-order valence-electron chi connectivity index (χ2n) is 5.71. The molecule has 108 valence electrons. The Morgan fingerprint density at radius 3 is 2.32 bits per heavy atom. The largest absolute Gasteiger partial charge is 0.348 e. The second kappa shape index (κ2) is 7.48. The summed E-state index contributed by atoms with van der Waals surface area (Å²) in [6, 6.07) is 0.200. The van der Waals surface area contributed by atoms with Crippen LogP contribution in [0.25, 0.3) is 0 Å². The Hall–Kier alpha value is -1.10. The normalized spacial score (nSPS) is 21.9. The zero-order chi connectivity index (χ0) is 13.5. The molecular formula is C14H25N3O2. The number of nitrogens with one attached hydrogen (secondary N) is 3. The van der Waals surface area contributed by atoms with E-state index in [9.17, 15) is 9.59 Å². The van der Waals surface area contributed by atoms with Gasteiger partial charge in [-0.15, -0.1) is 0 Å². The summed E-state index contributed by atoms with van der Waals surface area (Å²) in [6.45, 7) is 2.64. The van der Waals surface area contributed by atoms with Gasteiger partial charge >= 0.3 is 11.8 Å². The van der Waals surface area contributed by atoms with Crippen LogP contribution in [0.3, 0.4) is 0 Å². The van der Waals surface area contributed by atoms with Gasteiger partial charge in [-0.2, -0.15) is 0 Å². The fraction of sp³-hybridized carbons (Fsp3) is 0.857. The Balaban J connectivity index is 1.65. The van der Waals surface area contributed by atoms with Crippen molar-refractivity contribution in [3.63, 3.8) is 0 Å². The zero-order valence-corrected chi connectivity index (χ0v) is 11.5. The highest BCUT2D eigenvalue weighted by molar-refractivity contribution is 6.35. The number of hydrogen-bond acceptors (Lipinski definition) is 3. The van der Waals surface area contributed by atoms with Gasteiger partial charge in [-0.1, -0.05) is 19.3 Å². The molecule has 0 unspecified atom stereocenters. The molecule has 0 spiro atoms. The third-order valence-electron chi connectivity index (χ3n) is 4.16. The van der Waals surface area contributed by atoms with Crippen molar-refractivity contribution in [2.75, 3.05) is 19.6 Å². The molecule has 19 heavy (non-hydrogen) atoms. The third kappa shape index (κ3) is 4.82. The number of carbonyl (C=O) groups is 2. The van der Waals surface area contributed by atoms with Gasteiger partial charge in [-0.05, 0) is 44.7 Å². The van der Waals surface area contributed by atoms with Crippen LogP contribution in [-0.4, -0.2) is 37.5 Å². The van der Waals surface area contributed by atoms with Crippen molar-refractivity contribution >= 4 is 11.8 Å². The maximum atomic E-state index is 11.7. The van der Waals surface area contributed by atoms with Crippen molar-refractivity contribution in [2.24, 2.45) is 5.92 Å². The van der Waals surface area contributed by atoms with Gasteiger partial charge in [0, 0.05) is 12.6 Å². The molecule has 1 saturated heterocycles. The molecular weight excluding hydrogens is 242 g/mol. The number of piperidine rings is 1. The highest BCUT2D eigenvalue weighted by Gasteiger charge is 2.21. The third-order valence-corrected chi connectivity index (χ3v) is 4.16. The first-order chi connectivity index (χ1) is 9.25. The summed E-state index contributed by atoms with van der Waals surface area (Å²) in [5.74, 6) is -0.419. The van der Waals surface area contributed by atoms with Gasteiger partial charge in [0.25, 0.3) is 0 Å². The van der Waals surface area contributed by atoms with Gasteiger partial charge < -0.3 is 16.0 Å². The lowest BCUT2D eigenvalue weighted by molar-refractivity contribution is -0.139. The van der Waals surface area contributed by atoms with Crippen LogP contribution in [0.5, 0.6) is 0 Å². The average Bonchev–Trinajstić information content (AvgIpc) is 2.47. The molecule has 2 rings (SSSR count). The molecule has 0 aromatic carbocycles. The van der Waals surface area contributed by atoms with Crippen LogP contribution in [0.15, 0.2) is 0 Å². The van der Waals surface area contributed by atoms with Crippen molar-refractivity contribution in [3.8, 4) is 0 Å². The minimum absolute atomic E-state index is 0.200. The van der Waals surface area contributed by atoms with Crippen molar-refractivity contribution in [1.29, 1.82) is 0 Å². The van der Waals surface area contributed by atoms with Gasteiger partial charge in [-0.3, -0.25) is 9.59 Å². The van der Waals surface area contributed by atoms with Crippen LogP contribution in [0.4, 0.5) is 0 Å². The number of carbonyl (C=O) groups excluding carboxylic acids is 2. The van der Waals surface area contributed by atoms with E-state index in [4.69, 9.17) is 0 Å². The lowest BCUT2D eigenvalue weighted by Gasteiger charge is -2.24. The summed E-state index contributed by atoms with van der Waals surface area (Å²) in [6.07, 6.45) is 7.72. The molecule has 1 saturated carbocycles. The Morgan fingerprint density at radius 1 is 0.947 bits per heavy atom. The first kappa shape index (κ1) is 14.3. The summed E-state index contributed by atoms with van der Waals surface area (Å²) < 4.78 is 0. The first-order valence-corrected chi connectivity index (χ1v) is 7.55. The zero-order valence-electron chi connectivity index (χ0n) is 11.5. The second-order valence-corrected chi connectivity index (χ2v) is 5.71. The summed E-state index contributed by atoms with van der Waals surface area (Å²) in [4.78, 5) is 23.5. The molecule has 0 bridgehead atoms. The van der Waals surface area contributed by atoms with Gasteiger partial charge in [0.05, 0.1) is 0 Å². The summed E-state index contributed by atoms with van der Waals surface area (Å²) in [5, 5.41) is 8.89. The van der Waals surface area contributed by atoms with Crippen molar-refractivity contribution < 1.29 is 9.59 Å². The predicted molar refractivity (Wildman–Crippen MR) is 73.6 cm³/mol. The highest BCUT2D eigenvalue weighted by Crippen LogP contribution is 2.17. The summed E-state index contributed by atoms with van der Waals surface area (Å²) in [7, 11) is 0. The maximum Gasteiger partial charge on any atom is 0.309 e. The van der Waals surface area contributed by atoms with Crippen LogP contribution in [0.2, 0.25) is 0 Å². The molecule has 5 nitrogen and oxygen atoms in total. The summed E-state index contributed by atoms with van der Waals surface area (Å²) in [5.41, 5.74) is 0. The van der Waals surface area contributed by atoms with Gasteiger partial charge in [-0.25, -0.2) is 0 Å². The molecule has 0 aromatic heterocycles. The molecule has 5 heteroatoms. The van der Waals surface area contributed by atoms with E-state index >= 15 is 0 Å². The lowest BCUT2D eigenvalue weighted by Crippen LogP contribution is -2.46. The van der Waals surface area contributed by atoms with Crippen LogP contribution >= 0.6 is 0 Å².